The van der Waals surface area contributed by atoms with Gasteiger partial charge in [-0.15, -0.1) is 11.3 Å². The summed E-state index contributed by atoms with van der Waals surface area (Å²) in [5.74, 6) is 0.154. The molecule has 1 amide bonds. The number of aromatic nitrogens is 1. The highest BCUT2D eigenvalue weighted by molar-refractivity contribution is 7.13. The molecule has 0 N–H and O–H groups in total. The molecule has 0 aliphatic carbocycles. The van der Waals surface area contributed by atoms with E-state index < -0.39 is 0 Å². The van der Waals surface area contributed by atoms with E-state index >= 15 is 0 Å². The first kappa shape index (κ1) is 12.9. The van der Waals surface area contributed by atoms with Crippen LogP contribution in [-0.2, 0) is 9.53 Å². The number of carbonyl (C=O) groups is 1. The normalized spacial score (nSPS) is 24.5. The third-order valence-corrected chi connectivity index (χ3v) is 4.53. The highest BCUT2D eigenvalue weighted by atomic mass is 32.1. The zero-order chi connectivity index (χ0) is 13.1. The van der Waals surface area contributed by atoms with Gasteiger partial charge in [0, 0.05) is 31.2 Å². The number of thiazole rings is 1. The number of carbonyl (C=O) groups excluding carboxylic acids is 1. The van der Waals surface area contributed by atoms with Gasteiger partial charge in [0.2, 0.25) is 0 Å². The van der Waals surface area contributed by atoms with Gasteiger partial charge in [-0.2, -0.15) is 0 Å². The third kappa shape index (κ3) is 2.90. The van der Waals surface area contributed by atoms with Crippen LogP contribution in [0.25, 0.3) is 0 Å². The standard InChI is InChI=1S/C13H19N3O2S/c17-12(15-5-2-1-3-6-15)11-10-16(7-8-18-11)13-14-4-9-19-13/h4,9,11H,1-3,5-8,10H2. The summed E-state index contributed by atoms with van der Waals surface area (Å²) in [5, 5.41) is 2.95. The molecule has 2 aliphatic heterocycles. The Morgan fingerprint density at radius 3 is 2.89 bits per heavy atom. The fraction of sp³-hybridized carbons (Fsp3) is 0.692. The molecular formula is C13H19N3O2S. The number of rotatable bonds is 2. The van der Waals surface area contributed by atoms with Crippen molar-refractivity contribution in [2.45, 2.75) is 25.4 Å². The minimum atomic E-state index is -0.323. The molecule has 0 saturated carbocycles. The average molecular weight is 281 g/mol. The van der Waals surface area contributed by atoms with Crippen LogP contribution in [0.2, 0.25) is 0 Å². The maximum absolute atomic E-state index is 12.4. The zero-order valence-electron chi connectivity index (χ0n) is 11.0. The first-order valence-corrected chi connectivity index (χ1v) is 7.77. The second-order valence-electron chi connectivity index (χ2n) is 5.01. The lowest BCUT2D eigenvalue weighted by molar-refractivity contribution is -0.145. The van der Waals surface area contributed by atoms with Crippen LogP contribution in [0.15, 0.2) is 11.6 Å². The van der Waals surface area contributed by atoms with Crippen LogP contribution in [0.5, 0.6) is 0 Å². The summed E-state index contributed by atoms with van der Waals surface area (Å²) in [6.07, 6.45) is 4.96. The molecule has 2 saturated heterocycles. The van der Waals surface area contributed by atoms with E-state index in [9.17, 15) is 4.79 Å². The van der Waals surface area contributed by atoms with Crippen molar-refractivity contribution in [2.75, 3.05) is 37.7 Å². The monoisotopic (exact) mass is 281 g/mol. The van der Waals surface area contributed by atoms with E-state index in [2.05, 4.69) is 9.88 Å². The van der Waals surface area contributed by atoms with Crippen molar-refractivity contribution < 1.29 is 9.53 Å². The maximum atomic E-state index is 12.4. The molecule has 19 heavy (non-hydrogen) atoms. The minimum Gasteiger partial charge on any atom is -0.365 e. The number of hydrogen-bond donors (Lipinski definition) is 0. The lowest BCUT2D eigenvalue weighted by atomic mass is 10.1. The molecule has 3 rings (SSSR count). The van der Waals surface area contributed by atoms with Gasteiger partial charge in [-0.25, -0.2) is 4.98 Å². The number of ether oxygens (including phenoxy) is 1. The summed E-state index contributed by atoms with van der Waals surface area (Å²) >= 11 is 1.61. The molecule has 0 aromatic carbocycles. The van der Waals surface area contributed by atoms with E-state index in [-0.39, 0.29) is 12.0 Å². The topological polar surface area (TPSA) is 45.7 Å². The Labute approximate surface area is 117 Å². The van der Waals surface area contributed by atoms with Gasteiger partial charge in [0.25, 0.3) is 5.91 Å². The van der Waals surface area contributed by atoms with E-state index in [0.29, 0.717) is 13.2 Å². The number of anilines is 1. The molecule has 2 aliphatic rings. The number of morpholine rings is 1. The van der Waals surface area contributed by atoms with Crippen LogP contribution in [0, 0.1) is 0 Å². The summed E-state index contributed by atoms with van der Waals surface area (Å²) in [6, 6.07) is 0. The number of likely N-dealkylation sites (tertiary alicyclic amines) is 1. The number of hydrogen-bond acceptors (Lipinski definition) is 5. The molecular weight excluding hydrogens is 262 g/mol. The molecule has 1 atom stereocenters. The van der Waals surface area contributed by atoms with Gasteiger partial charge >= 0.3 is 0 Å². The fourth-order valence-electron chi connectivity index (χ4n) is 2.66. The molecule has 6 heteroatoms. The van der Waals surface area contributed by atoms with Crippen LogP contribution in [0.4, 0.5) is 5.13 Å². The van der Waals surface area contributed by atoms with Crippen molar-refractivity contribution in [1.82, 2.24) is 9.88 Å². The molecule has 0 spiro atoms. The second kappa shape index (κ2) is 5.88. The van der Waals surface area contributed by atoms with E-state index in [4.69, 9.17) is 4.74 Å². The van der Waals surface area contributed by atoms with Crippen molar-refractivity contribution in [3.63, 3.8) is 0 Å². The van der Waals surface area contributed by atoms with Gasteiger partial charge < -0.3 is 14.5 Å². The fourth-order valence-corrected chi connectivity index (χ4v) is 3.34. The summed E-state index contributed by atoms with van der Waals surface area (Å²) in [7, 11) is 0. The van der Waals surface area contributed by atoms with Crippen molar-refractivity contribution in [2.24, 2.45) is 0 Å². The van der Waals surface area contributed by atoms with Gasteiger partial charge in [-0.3, -0.25) is 4.79 Å². The largest absolute Gasteiger partial charge is 0.365 e. The Hall–Kier alpha value is -1.14. The average Bonchev–Trinajstić information content (AvgIpc) is 3.02. The second-order valence-corrected chi connectivity index (χ2v) is 5.88. The first-order chi connectivity index (χ1) is 9.34. The quantitative estimate of drug-likeness (QED) is 0.821. The predicted molar refractivity (Wildman–Crippen MR) is 74.5 cm³/mol. The molecule has 1 unspecified atom stereocenters. The van der Waals surface area contributed by atoms with Crippen LogP contribution in [-0.4, -0.2) is 54.7 Å². The van der Waals surface area contributed by atoms with Gasteiger partial charge in [0.15, 0.2) is 11.2 Å². The Morgan fingerprint density at radius 2 is 2.16 bits per heavy atom. The van der Waals surface area contributed by atoms with Gasteiger partial charge in [0.1, 0.15) is 0 Å². The molecule has 3 heterocycles. The summed E-state index contributed by atoms with van der Waals surface area (Å²) in [6.45, 7) is 3.82. The van der Waals surface area contributed by atoms with E-state index in [1.807, 2.05) is 10.3 Å². The Morgan fingerprint density at radius 1 is 1.32 bits per heavy atom. The predicted octanol–water partition coefficient (Wildman–Crippen LogP) is 1.36. The smallest absolute Gasteiger partial charge is 0.253 e. The van der Waals surface area contributed by atoms with Crippen LogP contribution >= 0.6 is 11.3 Å². The summed E-state index contributed by atoms with van der Waals surface area (Å²) < 4.78 is 5.67. The highest BCUT2D eigenvalue weighted by Crippen LogP contribution is 2.21. The van der Waals surface area contributed by atoms with Gasteiger partial charge in [-0.1, -0.05) is 0 Å². The van der Waals surface area contributed by atoms with Crippen molar-refractivity contribution in [1.29, 1.82) is 0 Å². The van der Waals surface area contributed by atoms with Crippen LogP contribution in [0.1, 0.15) is 19.3 Å². The molecule has 1 aromatic rings. The number of piperidine rings is 1. The zero-order valence-corrected chi connectivity index (χ0v) is 11.8. The SMILES string of the molecule is O=C(C1CN(c2nccs2)CCO1)N1CCCCC1. The van der Waals surface area contributed by atoms with Crippen LogP contribution < -0.4 is 4.90 Å². The van der Waals surface area contributed by atoms with Gasteiger partial charge in [-0.05, 0) is 19.3 Å². The summed E-state index contributed by atoms with van der Waals surface area (Å²) in [4.78, 5) is 20.8. The molecule has 0 bridgehead atoms. The Bertz CT molecular complexity index is 418. The highest BCUT2D eigenvalue weighted by Gasteiger charge is 2.31. The number of amides is 1. The summed E-state index contributed by atoms with van der Waals surface area (Å²) in [5.41, 5.74) is 0. The van der Waals surface area contributed by atoms with Crippen LogP contribution in [0.3, 0.4) is 0 Å². The van der Waals surface area contributed by atoms with Crippen molar-refractivity contribution >= 4 is 22.4 Å². The lowest BCUT2D eigenvalue weighted by Crippen LogP contribution is -2.52. The van der Waals surface area contributed by atoms with E-state index in [1.54, 1.807) is 17.5 Å². The Balaban J connectivity index is 1.62. The van der Waals surface area contributed by atoms with E-state index in [1.165, 1.54) is 6.42 Å². The van der Waals surface area contributed by atoms with E-state index in [0.717, 1.165) is 37.6 Å². The molecule has 5 nitrogen and oxygen atoms in total. The van der Waals surface area contributed by atoms with Gasteiger partial charge in [0.05, 0.1) is 13.2 Å². The Kier molecular flexibility index (Phi) is 3.98. The maximum Gasteiger partial charge on any atom is 0.253 e. The third-order valence-electron chi connectivity index (χ3n) is 3.70. The molecule has 2 fully saturated rings. The first-order valence-electron chi connectivity index (χ1n) is 6.89. The minimum absolute atomic E-state index is 0.154. The van der Waals surface area contributed by atoms with Crippen molar-refractivity contribution in [3.8, 4) is 0 Å². The molecule has 1 aromatic heterocycles. The molecule has 0 radical (unpaired) electrons. The number of nitrogens with zero attached hydrogens (tertiary/aromatic N) is 3. The molecule has 104 valence electrons. The lowest BCUT2D eigenvalue weighted by Gasteiger charge is -2.36. The van der Waals surface area contributed by atoms with Crippen molar-refractivity contribution in [3.05, 3.63) is 11.6 Å².